The zero-order chi connectivity index (χ0) is 15.3. The van der Waals surface area contributed by atoms with Crippen molar-refractivity contribution in [1.82, 2.24) is 4.31 Å². The molecule has 0 atom stereocenters. The summed E-state index contributed by atoms with van der Waals surface area (Å²) in [4.78, 5) is 0.323. The fraction of sp³-hybridized carbons (Fsp3) is 0.500. The van der Waals surface area contributed by atoms with Crippen molar-refractivity contribution in [3.63, 3.8) is 0 Å². The molecule has 5 nitrogen and oxygen atoms in total. The number of aryl methyl sites for hydroxylation is 1. The van der Waals surface area contributed by atoms with E-state index in [0.29, 0.717) is 11.4 Å². The molecule has 0 aliphatic heterocycles. The zero-order valence-electron chi connectivity index (χ0n) is 12.3. The fourth-order valence-electron chi connectivity index (χ4n) is 1.95. The molecule has 0 fully saturated rings. The molecule has 1 rings (SSSR count). The highest BCUT2D eigenvalue weighted by molar-refractivity contribution is 7.89. The maximum absolute atomic E-state index is 12.7. The molecule has 1 aromatic carbocycles. The number of sulfonamides is 1. The van der Waals surface area contributed by atoms with Gasteiger partial charge in [-0.3, -0.25) is 5.41 Å². The van der Waals surface area contributed by atoms with E-state index in [4.69, 9.17) is 11.1 Å². The molecule has 0 bridgehead atoms. The minimum absolute atomic E-state index is 0.00117. The molecule has 0 aliphatic carbocycles. The molecule has 0 unspecified atom stereocenters. The van der Waals surface area contributed by atoms with Gasteiger partial charge in [-0.1, -0.05) is 32.0 Å². The van der Waals surface area contributed by atoms with Crippen LogP contribution >= 0.6 is 0 Å². The summed E-state index contributed by atoms with van der Waals surface area (Å²) in [6, 6.07) is 6.94. The summed E-state index contributed by atoms with van der Waals surface area (Å²) in [6.45, 7) is 6.38. The Labute approximate surface area is 121 Å². The van der Waals surface area contributed by atoms with Crippen LogP contribution in [0.3, 0.4) is 0 Å². The van der Waals surface area contributed by atoms with Crippen LogP contribution in [0.15, 0.2) is 29.2 Å². The molecule has 0 aliphatic rings. The minimum atomic E-state index is -3.54. The molecule has 0 amide bonds. The predicted octanol–water partition coefficient (Wildman–Crippen LogP) is 1.97. The Bertz CT molecular complexity index is 568. The van der Waals surface area contributed by atoms with Gasteiger partial charge in [0.1, 0.15) is 0 Å². The lowest BCUT2D eigenvalue weighted by atomic mass is 10.2. The van der Waals surface area contributed by atoms with E-state index < -0.39 is 10.0 Å². The molecule has 0 heterocycles. The Kier molecular flexibility index (Phi) is 5.71. The van der Waals surface area contributed by atoms with Crippen LogP contribution in [-0.2, 0) is 10.0 Å². The average molecular weight is 297 g/mol. The van der Waals surface area contributed by atoms with Crippen molar-refractivity contribution in [3.8, 4) is 0 Å². The van der Waals surface area contributed by atoms with E-state index in [-0.39, 0.29) is 24.7 Å². The Morgan fingerprint density at radius 3 is 2.45 bits per heavy atom. The first-order valence-corrected chi connectivity index (χ1v) is 8.08. The molecular weight excluding hydrogens is 274 g/mol. The number of rotatable bonds is 7. The molecule has 3 N–H and O–H groups in total. The summed E-state index contributed by atoms with van der Waals surface area (Å²) < 4.78 is 26.8. The lowest BCUT2D eigenvalue weighted by molar-refractivity contribution is 0.374. The van der Waals surface area contributed by atoms with Gasteiger partial charge in [-0.2, -0.15) is 4.31 Å². The lowest BCUT2D eigenvalue weighted by Crippen LogP contribution is -2.37. The van der Waals surface area contributed by atoms with Crippen LogP contribution in [-0.4, -0.2) is 31.6 Å². The molecule has 112 valence electrons. The third-order valence-corrected chi connectivity index (χ3v) is 4.94. The molecule has 0 saturated heterocycles. The molecular formula is C14H23N3O2S. The minimum Gasteiger partial charge on any atom is -0.388 e. The number of hydrogen-bond donors (Lipinski definition) is 2. The van der Waals surface area contributed by atoms with Crippen molar-refractivity contribution >= 4 is 15.9 Å². The monoisotopic (exact) mass is 297 g/mol. The smallest absolute Gasteiger partial charge is 0.243 e. The summed E-state index contributed by atoms with van der Waals surface area (Å²) >= 11 is 0. The van der Waals surface area contributed by atoms with Gasteiger partial charge in [0, 0.05) is 19.5 Å². The first kappa shape index (κ1) is 16.7. The van der Waals surface area contributed by atoms with Crippen molar-refractivity contribution in [2.75, 3.05) is 13.1 Å². The highest BCUT2D eigenvalue weighted by atomic mass is 32.2. The average Bonchev–Trinajstić information content (AvgIpc) is 2.34. The Hall–Kier alpha value is -1.40. The van der Waals surface area contributed by atoms with E-state index in [0.717, 1.165) is 5.56 Å². The standard InChI is InChI=1S/C14H23N3O2S/c1-11(2)10-17(9-8-14(15)16)20(18,19)13-7-5-4-6-12(13)3/h4-7,11H,8-10H2,1-3H3,(H3,15,16). The van der Waals surface area contributed by atoms with Crippen molar-refractivity contribution in [2.24, 2.45) is 11.7 Å². The van der Waals surface area contributed by atoms with Crippen molar-refractivity contribution < 1.29 is 8.42 Å². The second-order valence-corrected chi connectivity index (χ2v) is 7.20. The normalized spacial score (nSPS) is 12.1. The number of nitrogens with one attached hydrogen (secondary N) is 1. The van der Waals surface area contributed by atoms with Gasteiger partial charge in [-0.25, -0.2) is 8.42 Å². The van der Waals surface area contributed by atoms with Crippen LogP contribution in [0.4, 0.5) is 0 Å². The van der Waals surface area contributed by atoms with Gasteiger partial charge < -0.3 is 5.73 Å². The number of benzene rings is 1. The largest absolute Gasteiger partial charge is 0.388 e. The van der Waals surface area contributed by atoms with Crippen LogP contribution in [0.25, 0.3) is 0 Å². The number of nitrogens with two attached hydrogens (primary N) is 1. The van der Waals surface area contributed by atoms with E-state index in [2.05, 4.69) is 0 Å². The van der Waals surface area contributed by atoms with Crippen molar-refractivity contribution in [1.29, 1.82) is 5.41 Å². The maximum Gasteiger partial charge on any atom is 0.243 e. The molecule has 0 saturated carbocycles. The summed E-state index contributed by atoms with van der Waals surface area (Å²) in [5.41, 5.74) is 6.07. The van der Waals surface area contributed by atoms with Gasteiger partial charge in [-0.05, 0) is 24.5 Å². The van der Waals surface area contributed by atoms with Gasteiger partial charge in [0.25, 0.3) is 0 Å². The molecule has 0 aromatic heterocycles. The van der Waals surface area contributed by atoms with Crippen LogP contribution in [0, 0.1) is 18.3 Å². The number of hydrogen-bond acceptors (Lipinski definition) is 3. The van der Waals surface area contributed by atoms with Crippen LogP contribution in [0.5, 0.6) is 0 Å². The first-order chi connectivity index (χ1) is 9.25. The molecule has 6 heteroatoms. The van der Waals surface area contributed by atoms with Gasteiger partial charge >= 0.3 is 0 Å². The quantitative estimate of drug-likeness (QED) is 0.596. The fourth-order valence-corrected chi connectivity index (χ4v) is 3.78. The number of nitrogens with zero attached hydrogens (tertiary/aromatic N) is 1. The lowest BCUT2D eigenvalue weighted by Gasteiger charge is -2.24. The third kappa shape index (κ3) is 4.31. The Morgan fingerprint density at radius 1 is 1.35 bits per heavy atom. The van der Waals surface area contributed by atoms with E-state index in [9.17, 15) is 8.42 Å². The Morgan fingerprint density at radius 2 is 1.95 bits per heavy atom. The van der Waals surface area contributed by atoms with E-state index in [1.54, 1.807) is 25.1 Å². The topological polar surface area (TPSA) is 87.2 Å². The number of amidine groups is 1. The highest BCUT2D eigenvalue weighted by Gasteiger charge is 2.26. The van der Waals surface area contributed by atoms with Gasteiger partial charge in [-0.15, -0.1) is 0 Å². The summed E-state index contributed by atoms with van der Waals surface area (Å²) in [6.07, 6.45) is 0.248. The predicted molar refractivity (Wildman–Crippen MR) is 81.3 cm³/mol. The third-order valence-electron chi connectivity index (χ3n) is 2.91. The second-order valence-electron chi connectivity index (χ2n) is 5.30. The van der Waals surface area contributed by atoms with Gasteiger partial charge in [0.05, 0.1) is 10.7 Å². The van der Waals surface area contributed by atoms with Crippen molar-refractivity contribution in [3.05, 3.63) is 29.8 Å². The van der Waals surface area contributed by atoms with Crippen molar-refractivity contribution in [2.45, 2.75) is 32.1 Å². The Balaban J connectivity index is 3.10. The molecule has 0 radical (unpaired) electrons. The van der Waals surface area contributed by atoms with E-state index >= 15 is 0 Å². The molecule has 1 aromatic rings. The van der Waals surface area contributed by atoms with Crippen LogP contribution < -0.4 is 5.73 Å². The highest BCUT2D eigenvalue weighted by Crippen LogP contribution is 2.20. The summed E-state index contributed by atoms with van der Waals surface area (Å²) in [5.74, 6) is 0.208. The zero-order valence-corrected chi connectivity index (χ0v) is 13.1. The van der Waals surface area contributed by atoms with Gasteiger partial charge in [0.15, 0.2) is 0 Å². The first-order valence-electron chi connectivity index (χ1n) is 6.64. The maximum atomic E-state index is 12.7. The molecule has 0 spiro atoms. The summed E-state index contributed by atoms with van der Waals surface area (Å²) in [5, 5.41) is 7.28. The molecule has 20 heavy (non-hydrogen) atoms. The van der Waals surface area contributed by atoms with E-state index in [1.807, 2.05) is 19.9 Å². The van der Waals surface area contributed by atoms with Crippen LogP contribution in [0.1, 0.15) is 25.8 Å². The van der Waals surface area contributed by atoms with Crippen LogP contribution in [0.2, 0.25) is 0 Å². The summed E-state index contributed by atoms with van der Waals surface area (Å²) in [7, 11) is -3.54. The SMILES string of the molecule is Cc1ccccc1S(=O)(=O)N(CCC(=N)N)CC(C)C. The van der Waals surface area contributed by atoms with Gasteiger partial charge in [0.2, 0.25) is 10.0 Å². The second kappa shape index (κ2) is 6.85. The van der Waals surface area contributed by atoms with E-state index in [1.165, 1.54) is 4.31 Å².